The molecule has 4 nitrogen and oxygen atoms in total. The minimum Gasteiger partial charge on any atom is -0.489 e. The lowest BCUT2D eigenvalue weighted by molar-refractivity contribution is -0.0515. The van der Waals surface area contributed by atoms with Gasteiger partial charge in [0.25, 0.3) is 0 Å². The first-order valence-electron chi connectivity index (χ1n) is 11.4. The van der Waals surface area contributed by atoms with Crippen LogP contribution in [0, 0.1) is 5.92 Å². The van der Waals surface area contributed by atoms with E-state index in [-0.39, 0.29) is 23.0 Å². The summed E-state index contributed by atoms with van der Waals surface area (Å²) in [6.07, 6.45) is 4.35. The van der Waals surface area contributed by atoms with Crippen molar-refractivity contribution in [2.75, 3.05) is 6.61 Å². The Labute approximate surface area is 234 Å². The lowest BCUT2D eigenvalue weighted by atomic mass is 9.99. The number of hydrogen-bond donors (Lipinski definition) is 0. The Bertz CT molecular complexity index is 1160. The third-order valence-electron chi connectivity index (χ3n) is 5.38. The maximum absolute atomic E-state index is 13.0. The van der Waals surface area contributed by atoms with Crippen LogP contribution in [0.2, 0.25) is 5.02 Å². The highest BCUT2D eigenvalue weighted by molar-refractivity contribution is 8.13. The molecule has 1 saturated carbocycles. The van der Waals surface area contributed by atoms with Gasteiger partial charge in [-0.05, 0) is 85.0 Å². The van der Waals surface area contributed by atoms with Crippen molar-refractivity contribution in [3.8, 4) is 11.5 Å². The number of alkyl halides is 2. The van der Waals surface area contributed by atoms with Crippen LogP contribution < -0.4 is 9.47 Å². The first kappa shape index (κ1) is 29.4. The van der Waals surface area contributed by atoms with Gasteiger partial charge in [-0.25, -0.2) is 4.79 Å². The van der Waals surface area contributed by atoms with Gasteiger partial charge in [-0.1, -0.05) is 59.6 Å². The maximum Gasteiger partial charge on any atom is 0.387 e. The number of carbonyl (C=O) groups excluding carboxylic acids is 1. The summed E-state index contributed by atoms with van der Waals surface area (Å²) in [7, 11) is 0. The molecule has 0 aliphatic heterocycles. The molecule has 0 amide bonds. The molecule has 0 unspecified atom stereocenters. The summed E-state index contributed by atoms with van der Waals surface area (Å²) in [6, 6.07) is 11.2. The standard InChI is InChI=1S/C27H25Cl3F2O4S/c1-3-21(29)20(22(30)4-2)14-24(36-27(33)37-19-10-8-18(28)9-11-19)17-7-12-23(35-26(31)32)25(13-17)34-15-16-5-6-16/h3-4,7-13,16,24,26H,1,5-6,14-15H2,2H3/b21-20+,22-4+/t24-/m0/s1. The molecule has 0 aromatic heterocycles. The number of rotatable bonds is 12. The van der Waals surface area contributed by atoms with Crippen LogP contribution >= 0.6 is 46.6 Å². The molecule has 1 aliphatic carbocycles. The van der Waals surface area contributed by atoms with Gasteiger partial charge >= 0.3 is 11.9 Å². The summed E-state index contributed by atoms with van der Waals surface area (Å²) in [5.74, 6) is 0.405. The number of carbonyl (C=O) groups is 1. The Balaban J connectivity index is 1.94. The molecule has 10 heteroatoms. The zero-order chi connectivity index (χ0) is 26.9. The highest BCUT2D eigenvalue weighted by Gasteiger charge is 2.26. The average molecular weight is 590 g/mol. The monoisotopic (exact) mass is 588 g/mol. The summed E-state index contributed by atoms with van der Waals surface area (Å²) >= 11 is 19.6. The third kappa shape index (κ3) is 9.25. The molecule has 1 atom stereocenters. The van der Waals surface area contributed by atoms with Crippen LogP contribution in [-0.2, 0) is 4.74 Å². The molecule has 0 saturated heterocycles. The van der Waals surface area contributed by atoms with Gasteiger partial charge < -0.3 is 14.2 Å². The van der Waals surface area contributed by atoms with Gasteiger partial charge in [0.15, 0.2) is 11.5 Å². The predicted octanol–water partition coefficient (Wildman–Crippen LogP) is 9.91. The summed E-state index contributed by atoms with van der Waals surface area (Å²) in [5.41, 5.74) is 0.993. The van der Waals surface area contributed by atoms with Crippen LogP contribution in [-0.4, -0.2) is 18.5 Å². The fraction of sp³-hybridized carbons (Fsp3) is 0.296. The SMILES string of the molecule is C=C/C(Cl)=C(C[C@H](OC(=O)Sc1ccc(Cl)cc1)c1ccc(OC(F)F)c(OCC2CC2)c1)\C(Cl)=C/C. The minimum absolute atomic E-state index is 0.0953. The predicted molar refractivity (Wildman–Crippen MR) is 145 cm³/mol. The average Bonchev–Trinajstić information content (AvgIpc) is 3.70. The summed E-state index contributed by atoms with van der Waals surface area (Å²) in [5, 5.41) is 0.596. The number of thioether (sulfide) groups is 1. The van der Waals surface area contributed by atoms with Crippen LogP contribution in [0.25, 0.3) is 0 Å². The zero-order valence-electron chi connectivity index (χ0n) is 19.9. The van der Waals surface area contributed by atoms with Gasteiger partial charge in [-0.3, -0.25) is 0 Å². The molecule has 0 heterocycles. The van der Waals surface area contributed by atoms with Crippen molar-refractivity contribution in [3.05, 3.63) is 87.4 Å². The van der Waals surface area contributed by atoms with E-state index in [2.05, 4.69) is 11.3 Å². The van der Waals surface area contributed by atoms with Crippen LogP contribution in [0.5, 0.6) is 11.5 Å². The Morgan fingerprint density at radius 2 is 1.86 bits per heavy atom. The minimum atomic E-state index is -3.02. The molecule has 1 aliphatic rings. The lowest BCUT2D eigenvalue weighted by Gasteiger charge is -2.22. The summed E-state index contributed by atoms with van der Waals surface area (Å²) < 4.78 is 42.3. The molecule has 0 radical (unpaired) electrons. The number of benzene rings is 2. The molecule has 37 heavy (non-hydrogen) atoms. The van der Waals surface area contributed by atoms with Crippen LogP contribution in [0.15, 0.2) is 81.7 Å². The van der Waals surface area contributed by atoms with Gasteiger partial charge in [-0.2, -0.15) is 8.78 Å². The number of allylic oxidation sites excluding steroid dienone is 4. The molecule has 198 valence electrons. The van der Waals surface area contributed by atoms with E-state index in [4.69, 9.17) is 44.3 Å². The Morgan fingerprint density at radius 3 is 2.46 bits per heavy atom. The molecular weight excluding hydrogens is 565 g/mol. The quantitative estimate of drug-likeness (QED) is 0.140. The molecule has 3 rings (SSSR count). The molecule has 0 bridgehead atoms. The molecule has 1 fully saturated rings. The largest absolute Gasteiger partial charge is 0.489 e. The molecule has 2 aromatic rings. The van der Waals surface area contributed by atoms with E-state index in [1.165, 1.54) is 24.3 Å². The van der Waals surface area contributed by atoms with E-state index in [0.29, 0.717) is 38.6 Å². The fourth-order valence-electron chi connectivity index (χ4n) is 3.28. The second kappa shape index (κ2) is 14.1. The van der Waals surface area contributed by atoms with Crippen LogP contribution in [0.3, 0.4) is 0 Å². The molecule has 0 spiro atoms. The molecule has 0 N–H and O–H groups in total. The van der Waals surface area contributed by atoms with Crippen molar-refractivity contribution in [2.24, 2.45) is 5.92 Å². The normalized spacial score (nSPS) is 15.2. The maximum atomic E-state index is 13.0. The number of halogens is 5. The molecule has 2 aromatic carbocycles. The van der Waals surface area contributed by atoms with E-state index in [0.717, 1.165) is 24.6 Å². The smallest absolute Gasteiger partial charge is 0.387 e. The Kier molecular flexibility index (Phi) is 11.2. The van der Waals surface area contributed by atoms with E-state index < -0.39 is 18.0 Å². The summed E-state index contributed by atoms with van der Waals surface area (Å²) in [4.78, 5) is 13.5. The second-order valence-corrected chi connectivity index (χ2v) is 10.4. The van der Waals surface area contributed by atoms with Crippen molar-refractivity contribution >= 4 is 51.9 Å². The van der Waals surface area contributed by atoms with E-state index in [1.54, 1.807) is 37.3 Å². The van der Waals surface area contributed by atoms with Gasteiger partial charge in [0.05, 0.1) is 6.61 Å². The van der Waals surface area contributed by atoms with Gasteiger partial charge in [-0.15, -0.1) is 0 Å². The van der Waals surface area contributed by atoms with Crippen molar-refractivity contribution in [3.63, 3.8) is 0 Å². The van der Waals surface area contributed by atoms with Crippen LogP contribution in [0.4, 0.5) is 13.6 Å². The van der Waals surface area contributed by atoms with Crippen molar-refractivity contribution < 1.29 is 27.8 Å². The first-order valence-corrected chi connectivity index (χ1v) is 13.3. The van der Waals surface area contributed by atoms with Crippen molar-refractivity contribution in [1.82, 2.24) is 0 Å². The lowest BCUT2D eigenvalue weighted by Crippen LogP contribution is -2.11. The van der Waals surface area contributed by atoms with E-state index >= 15 is 0 Å². The van der Waals surface area contributed by atoms with E-state index in [1.807, 2.05) is 0 Å². The Morgan fingerprint density at radius 1 is 1.16 bits per heavy atom. The van der Waals surface area contributed by atoms with Crippen LogP contribution in [0.1, 0.15) is 37.9 Å². The van der Waals surface area contributed by atoms with Gasteiger partial charge in [0, 0.05) is 26.4 Å². The summed E-state index contributed by atoms with van der Waals surface area (Å²) in [6.45, 7) is 2.79. The Hall–Kier alpha value is -2.19. The molecular formula is C27H25Cl3F2O4S. The van der Waals surface area contributed by atoms with Crippen molar-refractivity contribution in [1.29, 1.82) is 0 Å². The third-order valence-corrected chi connectivity index (χ3v) is 7.23. The fourth-order valence-corrected chi connectivity index (χ4v) is 4.44. The first-order chi connectivity index (χ1) is 17.7. The number of ether oxygens (including phenoxy) is 3. The topological polar surface area (TPSA) is 44.8 Å². The van der Waals surface area contributed by atoms with Gasteiger partial charge in [0.2, 0.25) is 0 Å². The highest BCUT2D eigenvalue weighted by Crippen LogP contribution is 2.40. The zero-order valence-corrected chi connectivity index (χ0v) is 23.0. The second-order valence-electron chi connectivity index (χ2n) is 8.12. The van der Waals surface area contributed by atoms with E-state index in [9.17, 15) is 13.6 Å². The van der Waals surface area contributed by atoms with Crippen molar-refractivity contribution in [2.45, 2.75) is 43.8 Å². The van der Waals surface area contributed by atoms with Gasteiger partial charge in [0.1, 0.15) is 6.10 Å². The highest BCUT2D eigenvalue weighted by atomic mass is 35.5. The number of hydrogen-bond acceptors (Lipinski definition) is 5.